The van der Waals surface area contributed by atoms with Gasteiger partial charge in [-0.05, 0) is 34.7 Å². The number of nitrogens with one attached hydrogen (secondary N) is 2. The Bertz CT molecular complexity index is 469. The molecule has 0 bridgehead atoms. The number of carboxylic acid groups (broad SMARTS) is 1. The molecule has 6 nitrogen and oxygen atoms in total. The Labute approximate surface area is 115 Å². The van der Waals surface area contributed by atoms with E-state index in [0.29, 0.717) is 0 Å². The van der Waals surface area contributed by atoms with Crippen LogP contribution in [0.15, 0.2) is 18.2 Å². The zero-order valence-electron chi connectivity index (χ0n) is 8.98. The van der Waals surface area contributed by atoms with Crippen LogP contribution in [-0.4, -0.2) is 34.9 Å². The number of rotatable bonds is 4. The number of amides is 2. The van der Waals surface area contributed by atoms with Crippen LogP contribution in [0.5, 0.6) is 0 Å². The highest BCUT2D eigenvalue weighted by atomic mass is 127. The number of aliphatic carboxylic acids is 1. The number of carbonyl (C=O) groups is 2. The van der Waals surface area contributed by atoms with E-state index in [0.717, 1.165) is 0 Å². The Kier molecular flexibility index (Phi) is 5.28. The van der Waals surface area contributed by atoms with Gasteiger partial charge in [0.2, 0.25) is 0 Å². The summed E-state index contributed by atoms with van der Waals surface area (Å²) in [5, 5.41) is 21.8. The molecule has 0 heterocycles. The lowest BCUT2D eigenvalue weighted by Crippen LogP contribution is -2.38. The number of aliphatic hydroxyl groups excluding tert-OH is 1. The van der Waals surface area contributed by atoms with E-state index in [1.165, 1.54) is 18.2 Å². The first-order chi connectivity index (χ1) is 8.41. The number of carbonyl (C=O) groups excluding carboxylic acids is 1. The quantitative estimate of drug-likeness (QED) is 0.596. The Morgan fingerprint density at radius 2 is 2.11 bits per heavy atom. The average molecular weight is 368 g/mol. The van der Waals surface area contributed by atoms with Gasteiger partial charge in [-0.2, -0.15) is 0 Å². The SMILES string of the molecule is O=C(NC[C@H](O)C(=O)O)Nc1cccc(F)c1I. The average Bonchev–Trinajstić information content (AvgIpc) is 2.32. The van der Waals surface area contributed by atoms with E-state index in [1.54, 1.807) is 22.6 Å². The molecule has 98 valence electrons. The molecule has 0 aliphatic rings. The molecule has 8 heteroatoms. The summed E-state index contributed by atoms with van der Waals surface area (Å²) in [6.07, 6.45) is -1.68. The Morgan fingerprint density at radius 3 is 2.72 bits per heavy atom. The lowest BCUT2D eigenvalue weighted by Gasteiger charge is -2.10. The minimum Gasteiger partial charge on any atom is -0.479 e. The molecule has 2 amide bonds. The van der Waals surface area contributed by atoms with Gasteiger partial charge in [-0.25, -0.2) is 14.0 Å². The first-order valence-corrected chi connectivity index (χ1v) is 5.89. The summed E-state index contributed by atoms with van der Waals surface area (Å²) in [4.78, 5) is 21.6. The molecule has 4 N–H and O–H groups in total. The highest BCUT2D eigenvalue weighted by Gasteiger charge is 2.14. The van der Waals surface area contributed by atoms with Gasteiger partial charge in [0.25, 0.3) is 0 Å². The lowest BCUT2D eigenvalue weighted by atomic mass is 10.3. The van der Waals surface area contributed by atoms with E-state index in [2.05, 4.69) is 10.6 Å². The van der Waals surface area contributed by atoms with Gasteiger partial charge in [-0.15, -0.1) is 0 Å². The van der Waals surface area contributed by atoms with Crippen molar-refractivity contribution in [3.63, 3.8) is 0 Å². The standard InChI is InChI=1S/C10H10FIN2O4/c11-5-2-1-3-6(8(5)12)14-10(18)13-4-7(15)9(16)17/h1-3,7,15H,4H2,(H,16,17)(H2,13,14,18)/t7-/m0/s1. The molecule has 1 aromatic rings. The predicted octanol–water partition coefficient (Wildman–Crippen LogP) is 0.997. The minimum atomic E-state index is -1.68. The number of carboxylic acids is 1. The first-order valence-electron chi connectivity index (χ1n) is 4.81. The summed E-state index contributed by atoms with van der Waals surface area (Å²) >= 11 is 1.73. The largest absolute Gasteiger partial charge is 0.479 e. The van der Waals surface area contributed by atoms with Crippen LogP contribution in [0.3, 0.4) is 0 Å². The summed E-state index contributed by atoms with van der Waals surface area (Å²) in [5.41, 5.74) is 0.262. The zero-order chi connectivity index (χ0) is 13.7. The molecule has 1 rings (SSSR count). The van der Waals surface area contributed by atoms with Gasteiger partial charge in [-0.1, -0.05) is 6.07 Å². The number of urea groups is 1. The first kappa shape index (κ1) is 14.6. The number of benzene rings is 1. The van der Waals surface area contributed by atoms with Gasteiger partial charge >= 0.3 is 12.0 Å². The summed E-state index contributed by atoms with van der Waals surface area (Å²) in [5.74, 6) is -1.91. The summed E-state index contributed by atoms with van der Waals surface area (Å²) in [6, 6.07) is 3.45. The summed E-state index contributed by atoms with van der Waals surface area (Å²) in [6.45, 7) is -0.437. The second-order valence-electron chi connectivity index (χ2n) is 3.29. The summed E-state index contributed by atoms with van der Waals surface area (Å²) < 4.78 is 13.4. The second kappa shape index (κ2) is 6.50. The van der Waals surface area contributed by atoms with Gasteiger partial charge in [-0.3, -0.25) is 0 Å². The number of hydrogen-bond acceptors (Lipinski definition) is 3. The van der Waals surface area contributed by atoms with Gasteiger partial charge in [0.15, 0.2) is 6.10 Å². The molecule has 1 aromatic carbocycles. The minimum absolute atomic E-state index is 0.240. The smallest absolute Gasteiger partial charge is 0.334 e. The van der Waals surface area contributed by atoms with Crippen molar-refractivity contribution in [1.82, 2.24) is 5.32 Å². The van der Waals surface area contributed by atoms with Crippen LogP contribution in [0, 0.1) is 9.39 Å². The van der Waals surface area contributed by atoms with Crippen molar-refractivity contribution in [3.05, 3.63) is 27.6 Å². The maximum atomic E-state index is 13.2. The van der Waals surface area contributed by atoms with Gasteiger partial charge in [0, 0.05) is 0 Å². The van der Waals surface area contributed by atoms with E-state index in [-0.39, 0.29) is 9.26 Å². The molecule has 18 heavy (non-hydrogen) atoms. The molecular formula is C10H10FIN2O4. The third-order valence-electron chi connectivity index (χ3n) is 1.94. The number of halogens is 2. The normalized spacial score (nSPS) is 11.7. The topological polar surface area (TPSA) is 98.7 Å². The molecule has 0 aliphatic carbocycles. The molecule has 0 aliphatic heterocycles. The highest BCUT2D eigenvalue weighted by Crippen LogP contribution is 2.20. The van der Waals surface area contributed by atoms with Crippen LogP contribution in [0.25, 0.3) is 0 Å². The number of anilines is 1. The van der Waals surface area contributed by atoms with E-state index < -0.39 is 30.5 Å². The van der Waals surface area contributed by atoms with Gasteiger partial charge in [0.1, 0.15) is 5.82 Å². The van der Waals surface area contributed by atoms with E-state index in [9.17, 15) is 14.0 Å². The maximum Gasteiger partial charge on any atom is 0.334 e. The molecule has 0 saturated heterocycles. The fourth-order valence-electron chi connectivity index (χ4n) is 1.04. The Balaban J connectivity index is 2.55. The second-order valence-corrected chi connectivity index (χ2v) is 4.37. The molecule has 0 radical (unpaired) electrons. The number of hydrogen-bond donors (Lipinski definition) is 4. The molecule has 0 unspecified atom stereocenters. The van der Waals surface area contributed by atoms with Crippen LogP contribution in [-0.2, 0) is 4.79 Å². The van der Waals surface area contributed by atoms with Crippen LogP contribution in [0.1, 0.15) is 0 Å². The van der Waals surface area contributed by atoms with Crippen molar-refractivity contribution in [2.24, 2.45) is 0 Å². The van der Waals surface area contributed by atoms with Crippen molar-refractivity contribution in [2.45, 2.75) is 6.10 Å². The Hall–Kier alpha value is -1.42. The van der Waals surface area contributed by atoms with Crippen molar-refractivity contribution in [1.29, 1.82) is 0 Å². The van der Waals surface area contributed by atoms with Crippen molar-refractivity contribution in [3.8, 4) is 0 Å². The fraction of sp³-hybridized carbons (Fsp3) is 0.200. The monoisotopic (exact) mass is 368 g/mol. The van der Waals surface area contributed by atoms with Crippen LogP contribution in [0.4, 0.5) is 14.9 Å². The van der Waals surface area contributed by atoms with E-state index >= 15 is 0 Å². The van der Waals surface area contributed by atoms with Crippen LogP contribution in [0.2, 0.25) is 0 Å². The zero-order valence-corrected chi connectivity index (χ0v) is 11.1. The van der Waals surface area contributed by atoms with Gasteiger partial charge in [0.05, 0.1) is 15.8 Å². The Morgan fingerprint density at radius 1 is 1.44 bits per heavy atom. The molecule has 1 atom stereocenters. The predicted molar refractivity (Wildman–Crippen MR) is 69.8 cm³/mol. The molecule has 0 saturated carbocycles. The van der Waals surface area contributed by atoms with Crippen molar-refractivity contribution in [2.75, 3.05) is 11.9 Å². The molecular weight excluding hydrogens is 358 g/mol. The highest BCUT2D eigenvalue weighted by molar-refractivity contribution is 14.1. The van der Waals surface area contributed by atoms with E-state index in [4.69, 9.17) is 10.2 Å². The van der Waals surface area contributed by atoms with Gasteiger partial charge < -0.3 is 20.8 Å². The maximum absolute atomic E-state index is 13.2. The van der Waals surface area contributed by atoms with E-state index in [1.807, 2.05) is 0 Å². The third-order valence-corrected chi connectivity index (χ3v) is 3.04. The third kappa shape index (κ3) is 4.11. The molecule has 0 fully saturated rings. The molecule has 0 spiro atoms. The fourth-order valence-corrected chi connectivity index (χ4v) is 1.54. The molecule has 0 aromatic heterocycles. The van der Waals surface area contributed by atoms with Crippen molar-refractivity contribution < 1.29 is 24.2 Å². The van der Waals surface area contributed by atoms with Crippen LogP contribution >= 0.6 is 22.6 Å². The van der Waals surface area contributed by atoms with Crippen molar-refractivity contribution >= 4 is 40.3 Å². The number of aliphatic hydroxyl groups is 1. The summed E-state index contributed by atoms with van der Waals surface area (Å²) in [7, 11) is 0. The van der Waals surface area contributed by atoms with Crippen LogP contribution < -0.4 is 10.6 Å². The lowest BCUT2D eigenvalue weighted by molar-refractivity contribution is -0.146.